The van der Waals surface area contributed by atoms with Crippen molar-refractivity contribution < 1.29 is 15.0 Å². The van der Waals surface area contributed by atoms with Crippen molar-refractivity contribution in [3.63, 3.8) is 0 Å². The summed E-state index contributed by atoms with van der Waals surface area (Å²) >= 11 is 0. The Hall–Kier alpha value is -4.89. The van der Waals surface area contributed by atoms with E-state index in [1.807, 2.05) is 84.9 Å². The molecular formula is C33H22O3. The van der Waals surface area contributed by atoms with E-state index in [4.69, 9.17) is 0 Å². The Labute approximate surface area is 208 Å². The molecule has 0 heterocycles. The van der Waals surface area contributed by atoms with Gasteiger partial charge >= 0.3 is 0 Å². The smallest absolute Gasteiger partial charge is 0.193 e. The van der Waals surface area contributed by atoms with E-state index in [-0.39, 0.29) is 17.3 Å². The van der Waals surface area contributed by atoms with Crippen LogP contribution in [0.2, 0.25) is 0 Å². The molecule has 0 saturated carbocycles. The lowest BCUT2D eigenvalue weighted by molar-refractivity contribution is 0.103. The molecule has 6 rings (SSSR count). The van der Waals surface area contributed by atoms with Crippen LogP contribution in [0.3, 0.4) is 0 Å². The minimum absolute atomic E-state index is 0.116. The molecule has 0 saturated heterocycles. The Morgan fingerprint density at radius 1 is 0.444 bits per heavy atom. The van der Waals surface area contributed by atoms with E-state index in [9.17, 15) is 15.0 Å². The Bertz CT molecular complexity index is 1640. The highest BCUT2D eigenvalue weighted by atomic mass is 16.3. The fraction of sp³-hybridized carbons (Fsp3) is 0. The molecule has 0 unspecified atom stereocenters. The first kappa shape index (κ1) is 21.6. The molecule has 3 nitrogen and oxygen atoms in total. The van der Waals surface area contributed by atoms with E-state index in [0.29, 0.717) is 22.3 Å². The van der Waals surface area contributed by atoms with E-state index in [1.165, 1.54) is 0 Å². The summed E-state index contributed by atoms with van der Waals surface area (Å²) in [5.74, 6) is 0.0491. The number of phenols is 2. The fourth-order valence-electron chi connectivity index (χ4n) is 4.87. The maximum Gasteiger partial charge on any atom is 0.193 e. The molecule has 36 heavy (non-hydrogen) atoms. The van der Waals surface area contributed by atoms with Crippen LogP contribution in [0.5, 0.6) is 11.5 Å². The molecule has 0 aliphatic heterocycles. The summed E-state index contributed by atoms with van der Waals surface area (Å²) in [7, 11) is 0. The van der Waals surface area contributed by atoms with Gasteiger partial charge < -0.3 is 10.2 Å². The fourth-order valence-corrected chi connectivity index (χ4v) is 4.87. The summed E-state index contributed by atoms with van der Waals surface area (Å²) in [5.41, 5.74) is 3.86. The number of fused-ring (bicyclic) bond motifs is 2. The van der Waals surface area contributed by atoms with Crippen LogP contribution >= 0.6 is 0 Å². The van der Waals surface area contributed by atoms with Gasteiger partial charge in [0.15, 0.2) is 5.78 Å². The van der Waals surface area contributed by atoms with Gasteiger partial charge in [0.05, 0.1) is 0 Å². The number of rotatable bonds is 4. The number of phenolic OH excluding ortho intramolecular Hbond substituents is 2. The minimum atomic E-state index is -0.182. The zero-order valence-corrected chi connectivity index (χ0v) is 19.3. The zero-order valence-electron chi connectivity index (χ0n) is 19.3. The molecule has 0 aliphatic rings. The molecule has 0 atom stereocenters. The predicted molar refractivity (Wildman–Crippen MR) is 146 cm³/mol. The number of aromatic hydroxyl groups is 2. The van der Waals surface area contributed by atoms with Gasteiger partial charge in [-0.15, -0.1) is 0 Å². The van der Waals surface area contributed by atoms with Gasteiger partial charge in [-0.2, -0.15) is 0 Å². The molecule has 0 fully saturated rings. The van der Waals surface area contributed by atoms with E-state index >= 15 is 0 Å². The Morgan fingerprint density at radius 3 is 1.33 bits per heavy atom. The normalized spacial score (nSPS) is 11.1. The summed E-state index contributed by atoms with van der Waals surface area (Å²) in [6.07, 6.45) is 0. The first-order chi connectivity index (χ1) is 17.6. The van der Waals surface area contributed by atoms with Crippen LogP contribution < -0.4 is 0 Å². The van der Waals surface area contributed by atoms with Crippen molar-refractivity contribution in [3.05, 3.63) is 132 Å². The first-order valence-electron chi connectivity index (χ1n) is 11.8. The summed E-state index contributed by atoms with van der Waals surface area (Å²) < 4.78 is 0. The van der Waals surface area contributed by atoms with Crippen molar-refractivity contribution in [2.24, 2.45) is 0 Å². The third-order valence-electron chi connectivity index (χ3n) is 6.68. The van der Waals surface area contributed by atoms with Gasteiger partial charge in [0.25, 0.3) is 0 Å². The second-order valence-electron chi connectivity index (χ2n) is 8.85. The number of benzene rings is 6. The number of hydrogen-bond acceptors (Lipinski definition) is 3. The molecule has 2 N–H and O–H groups in total. The molecule has 0 amide bonds. The standard InChI is InChI=1S/C33H22O3/c34-31-17-15-23(19-29(31)27-13-5-9-21-7-1-3-11-25(21)27)33(36)24-16-18-32(35)30(20-24)28-14-6-10-22-8-2-4-12-26(22)28/h1-20,34-35H. The summed E-state index contributed by atoms with van der Waals surface area (Å²) in [6, 6.07) is 37.7. The van der Waals surface area contributed by atoms with E-state index in [0.717, 1.165) is 32.7 Å². The third-order valence-corrected chi connectivity index (χ3v) is 6.68. The molecule has 0 aromatic heterocycles. The van der Waals surface area contributed by atoms with Crippen molar-refractivity contribution >= 4 is 27.3 Å². The molecule has 6 aromatic carbocycles. The van der Waals surface area contributed by atoms with Crippen LogP contribution in [0.15, 0.2) is 121 Å². The van der Waals surface area contributed by atoms with Gasteiger partial charge in [-0.25, -0.2) is 0 Å². The highest BCUT2D eigenvalue weighted by Gasteiger charge is 2.17. The first-order valence-corrected chi connectivity index (χ1v) is 11.8. The Morgan fingerprint density at radius 2 is 0.861 bits per heavy atom. The average molecular weight is 467 g/mol. The highest BCUT2D eigenvalue weighted by molar-refractivity contribution is 6.11. The van der Waals surface area contributed by atoms with Crippen LogP contribution in [0.25, 0.3) is 43.8 Å². The lowest BCUT2D eigenvalue weighted by Gasteiger charge is -2.12. The van der Waals surface area contributed by atoms with Crippen LogP contribution in [0.1, 0.15) is 15.9 Å². The molecule has 0 radical (unpaired) electrons. The van der Waals surface area contributed by atoms with Crippen molar-refractivity contribution in [3.8, 4) is 33.8 Å². The Kier molecular flexibility index (Phi) is 5.24. The molecule has 0 spiro atoms. The van der Waals surface area contributed by atoms with Crippen LogP contribution in [-0.2, 0) is 0 Å². The number of hydrogen-bond donors (Lipinski definition) is 2. The summed E-state index contributed by atoms with van der Waals surface area (Å²) in [5, 5.41) is 25.5. The van der Waals surface area contributed by atoms with Gasteiger partial charge in [-0.05, 0) is 69.1 Å². The molecule has 172 valence electrons. The van der Waals surface area contributed by atoms with Crippen molar-refractivity contribution in [2.45, 2.75) is 0 Å². The largest absolute Gasteiger partial charge is 0.507 e. The average Bonchev–Trinajstić information content (AvgIpc) is 2.93. The third kappa shape index (κ3) is 3.68. The number of carbonyl (C=O) groups excluding carboxylic acids is 1. The van der Waals surface area contributed by atoms with Gasteiger partial charge in [-0.1, -0.05) is 84.9 Å². The zero-order chi connectivity index (χ0) is 24.6. The van der Waals surface area contributed by atoms with Crippen molar-refractivity contribution in [2.75, 3.05) is 0 Å². The maximum atomic E-state index is 13.6. The van der Waals surface area contributed by atoms with E-state index < -0.39 is 0 Å². The molecule has 0 bridgehead atoms. The van der Waals surface area contributed by atoms with Crippen LogP contribution in [-0.4, -0.2) is 16.0 Å². The topological polar surface area (TPSA) is 57.5 Å². The van der Waals surface area contributed by atoms with Gasteiger partial charge in [0.1, 0.15) is 11.5 Å². The van der Waals surface area contributed by atoms with Gasteiger partial charge in [-0.3, -0.25) is 4.79 Å². The van der Waals surface area contributed by atoms with Crippen molar-refractivity contribution in [1.29, 1.82) is 0 Å². The SMILES string of the molecule is O=C(c1ccc(O)c(-c2cccc3ccccc23)c1)c1ccc(O)c(-c2cccc3ccccc23)c1. The van der Waals surface area contributed by atoms with Gasteiger partial charge in [0, 0.05) is 22.3 Å². The maximum absolute atomic E-state index is 13.6. The van der Waals surface area contributed by atoms with E-state index in [2.05, 4.69) is 0 Å². The summed E-state index contributed by atoms with van der Waals surface area (Å²) in [4.78, 5) is 13.6. The molecular weight excluding hydrogens is 444 g/mol. The van der Waals surface area contributed by atoms with Crippen LogP contribution in [0, 0.1) is 0 Å². The summed E-state index contributed by atoms with van der Waals surface area (Å²) in [6.45, 7) is 0. The minimum Gasteiger partial charge on any atom is -0.507 e. The monoisotopic (exact) mass is 466 g/mol. The molecule has 6 aromatic rings. The van der Waals surface area contributed by atoms with Crippen LogP contribution in [0.4, 0.5) is 0 Å². The highest BCUT2D eigenvalue weighted by Crippen LogP contribution is 2.37. The lowest BCUT2D eigenvalue weighted by Crippen LogP contribution is -2.02. The predicted octanol–water partition coefficient (Wildman–Crippen LogP) is 7.97. The molecule has 0 aliphatic carbocycles. The van der Waals surface area contributed by atoms with Crippen molar-refractivity contribution in [1.82, 2.24) is 0 Å². The second-order valence-corrected chi connectivity index (χ2v) is 8.85. The number of ketones is 1. The van der Waals surface area contributed by atoms with E-state index in [1.54, 1.807) is 36.4 Å². The molecule has 3 heteroatoms. The number of carbonyl (C=O) groups is 1. The quantitative estimate of drug-likeness (QED) is 0.259. The van der Waals surface area contributed by atoms with Gasteiger partial charge in [0.2, 0.25) is 0 Å². The Balaban J connectivity index is 1.45. The lowest BCUT2D eigenvalue weighted by atomic mass is 9.92. The second kappa shape index (κ2) is 8.71.